The zero-order chi connectivity index (χ0) is 13.8. The summed E-state index contributed by atoms with van der Waals surface area (Å²) in [5.41, 5.74) is 1.88. The molecule has 0 aliphatic heterocycles. The van der Waals surface area contributed by atoms with Crippen LogP contribution in [-0.4, -0.2) is 22.9 Å². The molecule has 0 spiro atoms. The lowest BCUT2D eigenvalue weighted by molar-refractivity contribution is 0.119. The minimum Gasteiger partial charge on any atom is -0.507 e. The van der Waals surface area contributed by atoms with Gasteiger partial charge in [0.1, 0.15) is 5.75 Å². The fourth-order valence-corrected chi connectivity index (χ4v) is 2.01. The molecule has 102 valence electrons. The molecule has 0 aromatic heterocycles. The van der Waals surface area contributed by atoms with Crippen LogP contribution in [-0.2, 0) is 6.54 Å². The van der Waals surface area contributed by atoms with Gasteiger partial charge in [-0.1, -0.05) is 39.0 Å². The highest BCUT2D eigenvalue weighted by atomic mass is 16.3. The summed E-state index contributed by atoms with van der Waals surface area (Å²) in [6.07, 6.45) is 0.414. The van der Waals surface area contributed by atoms with Crippen molar-refractivity contribution in [2.45, 2.75) is 46.8 Å². The van der Waals surface area contributed by atoms with Crippen LogP contribution in [0, 0.1) is 12.3 Å². The standard InChI is InChI=1S/C15H25NO2/c1-11-6-5-7-12(14(11)18)9-16-10-13(17)8-15(2,3)4/h5-7,13,16-18H,8-10H2,1-4H3. The molecule has 1 unspecified atom stereocenters. The third-order valence-electron chi connectivity index (χ3n) is 2.86. The smallest absolute Gasteiger partial charge is 0.122 e. The zero-order valence-corrected chi connectivity index (χ0v) is 11.8. The number of aliphatic hydroxyl groups excluding tert-OH is 1. The molecule has 0 saturated heterocycles. The first-order valence-electron chi connectivity index (χ1n) is 6.46. The Morgan fingerprint density at radius 3 is 2.56 bits per heavy atom. The number of hydrogen-bond donors (Lipinski definition) is 3. The minimum atomic E-state index is -0.350. The molecule has 0 bridgehead atoms. The van der Waals surface area contributed by atoms with Gasteiger partial charge in [-0.25, -0.2) is 0 Å². The lowest BCUT2D eigenvalue weighted by Gasteiger charge is -2.22. The fourth-order valence-electron chi connectivity index (χ4n) is 2.01. The monoisotopic (exact) mass is 251 g/mol. The normalized spacial score (nSPS) is 13.6. The molecule has 0 radical (unpaired) electrons. The van der Waals surface area contributed by atoms with Gasteiger partial charge in [-0.2, -0.15) is 0 Å². The summed E-state index contributed by atoms with van der Waals surface area (Å²) in [6, 6.07) is 5.70. The molecule has 3 nitrogen and oxygen atoms in total. The lowest BCUT2D eigenvalue weighted by Crippen LogP contribution is -2.29. The van der Waals surface area contributed by atoms with Crippen LogP contribution in [0.2, 0.25) is 0 Å². The predicted molar refractivity (Wildman–Crippen MR) is 74.6 cm³/mol. The van der Waals surface area contributed by atoms with Gasteiger partial charge in [0.15, 0.2) is 0 Å². The summed E-state index contributed by atoms with van der Waals surface area (Å²) < 4.78 is 0. The van der Waals surface area contributed by atoms with Crippen molar-refractivity contribution in [3.8, 4) is 5.75 Å². The Bertz CT molecular complexity index is 383. The molecule has 0 heterocycles. The first-order chi connectivity index (χ1) is 8.29. The van der Waals surface area contributed by atoms with Crippen molar-refractivity contribution < 1.29 is 10.2 Å². The first-order valence-corrected chi connectivity index (χ1v) is 6.46. The van der Waals surface area contributed by atoms with E-state index in [1.54, 1.807) is 0 Å². The highest BCUT2D eigenvalue weighted by Gasteiger charge is 2.16. The Balaban J connectivity index is 2.40. The van der Waals surface area contributed by atoms with Crippen molar-refractivity contribution in [2.24, 2.45) is 5.41 Å². The highest BCUT2D eigenvalue weighted by Crippen LogP contribution is 2.22. The SMILES string of the molecule is Cc1cccc(CNCC(O)CC(C)(C)C)c1O. The van der Waals surface area contributed by atoms with Crippen LogP contribution in [0.1, 0.15) is 38.3 Å². The van der Waals surface area contributed by atoms with Gasteiger partial charge >= 0.3 is 0 Å². The van der Waals surface area contributed by atoms with Crippen LogP contribution in [0.25, 0.3) is 0 Å². The van der Waals surface area contributed by atoms with Crippen LogP contribution in [0.3, 0.4) is 0 Å². The molecule has 3 heteroatoms. The van der Waals surface area contributed by atoms with Crippen LogP contribution < -0.4 is 5.32 Å². The van der Waals surface area contributed by atoms with Gasteiger partial charge in [0.25, 0.3) is 0 Å². The second-order valence-corrected chi connectivity index (χ2v) is 6.13. The average molecular weight is 251 g/mol. The van der Waals surface area contributed by atoms with E-state index in [2.05, 4.69) is 26.1 Å². The number of para-hydroxylation sites is 1. The summed E-state index contributed by atoms with van der Waals surface area (Å²) in [5.74, 6) is 0.343. The van der Waals surface area contributed by atoms with Gasteiger partial charge in [0, 0.05) is 18.7 Å². The van der Waals surface area contributed by atoms with E-state index < -0.39 is 0 Å². The Morgan fingerprint density at radius 1 is 1.28 bits per heavy atom. The Hall–Kier alpha value is -1.06. The predicted octanol–water partition coefficient (Wildman–Crippen LogP) is 2.59. The molecular formula is C15H25NO2. The van der Waals surface area contributed by atoms with Gasteiger partial charge in [-0.15, -0.1) is 0 Å². The number of hydrogen-bond acceptors (Lipinski definition) is 3. The number of phenolic OH excluding ortho intramolecular Hbond substituents is 1. The van der Waals surface area contributed by atoms with E-state index in [1.165, 1.54) is 0 Å². The number of nitrogens with one attached hydrogen (secondary N) is 1. The van der Waals surface area contributed by atoms with E-state index in [9.17, 15) is 10.2 Å². The molecule has 1 aromatic rings. The molecule has 18 heavy (non-hydrogen) atoms. The van der Waals surface area contributed by atoms with E-state index in [4.69, 9.17) is 0 Å². The van der Waals surface area contributed by atoms with Gasteiger partial charge in [0.05, 0.1) is 6.10 Å². The third-order valence-corrected chi connectivity index (χ3v) is 2.86. The van der Waals surface area contributed by atoms with Crippen molar-refractivity contribution in [3.05, 3.63) is 29.3 Å². The summed E-state index contributed by atoms with van der Waals surface area (Å²) >= 11 is 0. The molecule has 0 amide bonds. The van der Waals surface area contributed by atoms with Crippen LogP contribution in [0.5, 0.6) is 5.75 Å². The Kier molecular flexibility index (Phi) is 5.17. The van der Waals surface area contributed by atoms with Gasteiger partial charge < -0.3 is 15.5 Å². The number of aromatic hydroxyl groups is 1. The van der Waals surface area contributed by atoms with E-state index >= 15 is 0 Å². The maximum absolute atomic E-state index is 9.86. The average Bonchev–Trinajstić information content (AvgIpc) is 2.21. The summed E-state index contributed by atoms with van der Waals surface area (Å²) in [6.45, 7) is 9.35. The second kappa shape index (κ2) is 6.21. The maximum Gasteiger partial charge on any atom is 0.122 e. The Labute approximate surface area is 110 Å². The van der Waals surface area contributed by atoms with Crippen molar-refractivity contribution >= 4 is 0 Å². The lowest BCUT2D eigenvalue weighted by atomic mass is 9.89. The van der Waals surface area contributed by atoms with E-state index in [0.717, 1.165) is 17.5 Å². The van der Waals surface area contributed by atoms with Crippen LogP contribution in [0.4, 0.5) is 0 Å². The molecule has 3 N–H and O–H groups in total. The number of aliphatic hydroxyl groups is 1. The topological polar surface area (TPSA) is 52.5 Å². The summed E-state index contributed by atoms with van der Waals surface area (Å²) in [7, 11) is 0. The number of benzene rings is 1. The van der Waals surface area contributed by atoms with E-state index in [0.29, 0.717) is 18.8 Å². The van der Waals surface area contributed by atoms with Gasteiger partial charge in [-0.3, -0.25) is 0 Å². The zero-order valence-electron chi connectivity index (χ0n) is 11.8. The first kappa shape index (κ1) is 15.0. The second-order valence-electron chi connectivity index (χ2n) is 6.13. The van der Waals surface area contributed by atoms with Crippen LogP contribution >= 0.6 is 0 Å². The Morgan fingerprint density at radius 2 is 1.94 bits per heavy atom. The van der Waals surface area contributed by atoms with Crippen molar-refractivity contribution in [1.82, 2.24) is 5.32 Å². The molecule has 0 fully saturated rings. The number of rotatable bonds is 5. The molecule has 1 atom stereocenters. The van der Waals surface area contributed by atoms with Gasteiger partial charge in [0.2, 0.25) is 0 Å². The number of phenols is 1. The maximum atomic E-state index is 9.86. The third kappa shape index (κ3) is 5.07. The van der Waals surface area contributed by atoms with Crippen molar-refractivity contribution in [1.29, 1.82) is 0 Å². The largest absolute Gasteiger partial charge is 0.507 e. The molecule has 1 rings (SSSR count). The number of aryl methyl sites for hydroxylation is 1. The van der Waals surface area contributed by atoms with Crippen molar-refractivity contribution in [3.63, 3.8) is 0 Å². The van der Waals surface area contributed by atoms with E-state index in [1.807, 2.05) is 25.1 Å². The molecule has 0 saturated carbocycles. The summed E-state index contributed by atoms with van der Waals surface area (Å²) in [4.78, 5) is 0. The van der Waals surface area contributed by atoms with Crippen LogP contribution in [0.15, 0.2) is 18.2 Å². The minimum absolute atomic E-state index is 0.132. The summed E-state index contributed by atoms with van der Waals surface area (Å²) in [5, 5.41) is 22.9. The fraction of sp³-hybridized carbons (Fsp3) is 0.600. The molecular weight excluding hydrogens is 226 g/mol. The van der Waals surface area contributed by atoms with Gasteiger partial charge in [-0.05, 0) is 24.3 Å². The molecule has 1 aromatic carbocycles. The quantitative estimate of drug-likeness (QED) is 0.754. The van der Waals surface area contributed by atoms with Crippen molar-refractivity contribution in [2.75, 3.05) is 6.54 Å². The molecule has 0 aliphatic carbocycles. The van der Waals surface area contributed by atoms with E-state index in [-0.39, 0.29) is 11.5 Å². The highest BCUT2D eigenvalue weighted by molar-refractivity contribution is 5.39. The molecule has 0 aliphatic rings.